The molecule has 0 fully saturated rings. The molecule has 15 heterocycles. The molecule has 0 radical (unpaired) electrons. The molecule has 15 N–H and O–H groups in total. The van der Waals surface area contributed by atoms with Crippen LogP contribution < -0.4 is 53.0 Å². The number of nitrogens with one attached hydrogen (secondary N) is 13. The summed E-state index contributed by atoms with van der Waals surface area (Å²) >= 11 is 31.0. The van der Waals surface area contributed by atoms with Crippen molar-refractivity contribution in [2.75, 3.05) is 70.3 Å². The minimum absolute atomic E-state index is 0.00790. The van der Waals surface area contributed by atoms with E-state index in [9.17, 15) is 4.79 Å². The van der Waals surface area contributed by atoms with Crippen LogP contribution in [-0.4, -0.2) is 153 Å². The van der Waals surface area contributed by atoms with Crippen LogP contribution in [-0.2, 0) is 32.7 Å². The molecule has 0 aromatic carbocycles. The number of imidazole rings is 5. The van der Waals surface area contributed by atoms with Gasteiger partial charge in [-0.15, -0.1) is 11.3 Å². The maximum absolute atomic E-state index is 11.2. The molecular formula is C58H56Cl5N33O3S. The molecule has 0 bridgehead atoms. The zero-order valence-corrected chi connectivity index (χ0v) is 57.3. The van der Waals surface area contributed by atoms with Crippen LogP contribution in [0.1, 0.15) is 45.0 Å². The Bertz CT molecular complexity index is 5160. The number of aromatic amines is 5. The number of rotatable bonds is 21. The normalized spacial score (nSPS) is 10.8. The number of pyridine rings is 3. The monoisotopic (exact) mass is 1470 g/mol. The number of carbonyl (C=O) groups excluding carboxylic acids is 1. The highest BCUT2D eigenvalue weighted by atomic mass is 35.5. The van der Waals surface area contributed by atoms with Gasteiger partial charge in [0.15, 0.2) is 63.1 Å². The first-order chi connectivity index (χ1) is 48.7. The fourth-order valence-corrected chi connectivity index (χ4v) is 10.2. The summed E-state index contributed by atoms with van der Waals surface area (Å²) in [4.78, 5) is 104. The van der Waals surface area contributed by atoms with Crippen LogP contribution in [0.3, 0.4) is 0 Å². The number of aromatic nitrogens is 24. The Hall–Kier alpha value is -11.8. The van der Waals surface area contributed by atoms with Gasteiger partial charge in [0.2, 0.25) is 50.1 Å². The third-order valence-electron chi connectivity index (χ3n) is 13.4. The summed E-state index contributed by atoms with van der Waals surface area (Å²) in [5, 5.41) is 28.3. The van der Waals surface area contributed by atoms with Gasteiger partial charge >= 0.3 is 0 Å². The summed E-state index contributed by atoms with van der Waals surface area (Å²) in [5.41, 5.74) is 14.0. The number of ether oxygens (including phenoxy) is 1. The van der Waals surface area contributed by atoms with Gasteiger partial charge in [-0.3, -0.25) is 14.8 Å². The maximum atomic E-state index is 11.2. The van der Waals surface area contributed by atoms with E-state index >= 15 is 0 Å². The van der Waals surface area contributed by atoms with Crippen LogP contribution in [0.15, 0.2) is 108 Å². The average Bonchev–Trinajstić information content (AvgIpc) is 1.68. The Balaban J connectivity index is 0.000000126. The molecule has 0 unspecified atom stereocenters. The second-order valence-electron chi connectivity index (χ2n) is 20.0. The van der Waals surface area contributed by atoms with Crippen molar-refractivity contribution in [3.63, 3.8) is 0 Å². The quantitative estimate of drug-likeness (QED) is 0.0297. The summed E-state index contributed by atoms with van der Waals surface area (Å²) in [6.07, 6.45) is 13.5. The Kier molecular flexibility index (Phi) is 23.3. The van der Waals surface area contributed by atoms with E-state index < -0.39 is 5.91 Å². The minimum Gasteiger partial charge on any atom is -0.481 e. The summed E-state index contributed by atoms with van der Waals surface area (Å²) in [5.74, 6) is 5.44. The summed E-state index contributed by atoms with van der Waals surface area (Å²) in [7, 11) is 5.13. The van der Waals surface area contributed by atoms with Crippen molar-refractivity contribution < 1.29 is 13.9 Å². The molecule has 15 aromatic heterocycles. The van der Waals surface area contributed by atoms with E-state index in [1.165, 1.54) is 0 Å². The van der Waals surface area contributed by atoms with Crippen molar-refractivity contribution in [1.29, 1.82) is 0 Å². The summed E-state index contributed by atoms with van der Waals surface area (Å²) < 4.78 is 10.3. The first-order valence-corrected chi connectivity index (χ1v) is 32.3. The highest BCUT2D eigenvalue weighted by molar-refractivity contribution is 7.09. The van der Waals surface area contributed by atoms with Gasteiger partial charge in [-0.2, -0.15) is 64.8 Å². The molecule has 0 aliphatic carbocycles. The molecule has 0 atom stereocenters. The fourth-order valence-electron chi connectivity index (χ4n) is 8.85. The number of fused-ring (bicyclic) bond motifs is 5. The van der Waals surface area contributed by atoms with Crippen LogP contribution in [0.25, 0.3) is 55.8 Å². The van der Waals surface area contributed by atoms with Gasteiger partial charge in [0.25, 0.3) is 5.91 Å². The molecular weight excluding hydrogens is 1420 g/mol. The molecule has 0 saturated carbocycles. The molecule has 512 valence electrons. The van der Waals surface area contributed by atoms with Gasteiger partial charge in [0.05, 0.1) is 32.8 Å². The molecule has 1 amide bonds. The van der Waals surface area contributed by atoms with Gasteiger partial charge in [-0.1, -0.05) is 0 Å². The van der Waals surface area contributed by atoms with Crippen LogP contribution in [0, 0.1) is 0 Å². The number of anilines is 8. The van der Waals surface area contributed by atoms with E-state index in [2.05, 4.69) is 162 Å². The van der Waals surface area contributed by atoms with Crippen LogP contribution in [0.4, 0.5) is 46.9 Å². The Morgan fingerprint density at radius 3 is 1.44 bits per heavy atom. The second kappa shape index (κ2) is 33.5. The topological polar surface area (TPSA) is 486 Å². The van der Waals surface area contributed by atoms with Crippen molar-refractivity contribution in [2.45, 2.75) is 39.6 Å². The number of nitrogens with zero attached hydrogens (tertiary/aromatic N) is 19. The lowest BCUT2D eigenvalue weighted by Crippen LogP contribution is -2.12. The Morgan fingerprint density at radius 1 is 0.500 bits per heavy atom. The SMILES string of the molecule is CCNc1nc2nc(Cl)nc(NCc3ccco3)c2[nH]1.CNc1nc2nc(Cl)nc(NCc3ccncc3)c2[nH]1.CNc1nc2nc(Cl)nc(NCc3nccs3)c2[nH]1.COc1cc(CNc2nc(Cl)nc3nc[nH]c23)ccn1.NC(=O)c1nc2nc(Cl)nc(NCc3ccncc3)c2[nH]1. The van der Waals surface area contributed by atoms with E-state index in [1.54, 1.807) is 82.3 Å². The number of halogens is 5. The number of H-pyrrole nitrogens is 5. The van der Waals surface area contributed by atoms with Gasteiger partial charge in [0.1, 0.15) is 38.4 Å². The number of nitrogens with two attached hydrogens (primary N) is 1. The van der Waals surface area contributed by atoms with Gasteiger partial charge in [-0.25, -0.2) is 19.9 Å². The number of hydrogen-bond acceptors (Lipinski definition) is 31. The van der Waals surface area contributed by atoms with Crippen molar-refractivity contribution in [3.8, 4) is 5.88 Å². The smallest absolute Gasteiger partial charge is 0.284 e. The van der Waals surface area contributed by atoms with Gasteiger partial charge in [-0.05, 0) is 124 Å². The van der Waals surface area contributed by atoms with E-state index in [1.807, 2.05) is 60.8 Å². The fraction of sp³-hybridized carbons (Fsp3) is 0.172. The predicted molar refractivity (Wildman–Crippen MR) is 382 cm³/mol. The minimum atomic E-state index is -0.677. The molecule has 42 heteroatoms. The van der Waals surface area contributed by atoms with Crippen molar-refractivity contribution in [3.05, 3.63) is 163 Å². The van der Waals surface area contributed by atoms with Crippen LogP contribution in [0.2, 0.25) is 26.4 Å². The molecule has 36 nitrogen and oxygen atoms in total. The number of hydrogen-bond donors (Lipinski definition) is 14. The number of amides is 1. The lowest BCUT2D eigenvalue weighted by molar-refractivity contribution is 0.0991. The molecule has 100 heavy (non-hydrogen) atoms. The summed E-state index contributed by atoms with van der Waals surface area (Å²) in [6.45, 7) is 5.51. The molecule has 0 aliphatic rings. The van der Waals surface area contributed by atoms with Gasteiger partial charge in [0, 0.05) is 88.9 Å². The maximum Gasteiger partial charge on any atom is 0.284 e. The summed E-state index contributed by atoms with van der Waals surface area (Å²) in [6, 6.07) is 15.0. The largest absolute Gasteiger partial charge is 0.481 e. The van der Waals surface area contributed by atoms with Crippen molar-refractivity contribution in [1.82, 2.24) is 120 Å². The highest BCUT2D eigenvalue weighted by Gasteiger charge is 2.18. The first-order valence-electron chi connectivity index (χ1n) is 29.5. The molecule has 0 saturated heterocycles. The van der Waals surface area contributed by atoms with Crippen LogP contribution in [0.5, 0.6) is 5.88 Å². The number of carbonyl (C=O) groups is 1. The van der Waals surface area contributed by atoms with E-state index in [0.29, 0.717) is 130 Å². The molecule has 15 aromatic rings. The highest BCUT2D eigenvalue weighted by Crippen LogP contribution is 2.27. The predicted octanol–water partition coefficient (Wildman–Crippen LogP) is 9.95. The van der Waals surface area contributed by atoms with Crippen LogP contribution >= 0.6 is 69.3 Å². The van der Waals surface area contributed by atoms with E-state index in [-0.39, 0.29) is 37.9 Å². The average molecular weight is 1470 g/mol. The van der Waals surface area contributed by atoms with Gasteiger partial charge < -0.3 is 82.3 Å². The Labute approximate surface area is 593 Å². The lowest BCUT2D eigenvalue weighted by Gasteiger charge is -2.07. The number of methoxy groups -OCH3 is 1. The lowest BCUT2D eigenvalue weighted by atomic mass is 10.2. The molecule has 0 aliphatic heterocycles. The number of thiazole rings is 1. The third-order valence-corrected chi connectivity index (χ3v) is 15.0. The molecule has 0 spiro atoms. The standard InChI is InChI=1S/C12H10ClN7O.C12H12ClN7.C12H11ClN6O.C12H13ClN6O.C10H10ClN7S/c13-12-19-9(16-5-6-1-3-15-4-2-6)7-10(20-12)18-11(17-7)8(14)21;1-14-12-17-8-9(18-11(13)19-10(8)20-12)16-6-7-2-4-15-5-3-7;1-20-8-4-7(2-3-14-8)5-15-10-9-11(17-6-16-9)19-12(13)18-10;1-2-14-12-16-8-9(15-6-7-4-3-5-20-7)17-11(13)18-10(8)19-12;1-12-10-15-6-7(14-4-5-13-2-3-19-5)16-9(11)17-8(6)18-10/h1-4H,5H2,(H2,14,21)(H2,16,17,18,19,20);2-5H,6H2,1H3,(H3,14,16,17,18,19,20);2-4,6H,5H2,1H3,(H2,15,16,17,18,19);3-5H,2,6H2,1H3,(H3,14,15,16,17,18,19);2-3H,4H2,1H3,(H3,12,14,15,16,17,18). The van der Waals surface area contributed by atoms with Crippen molar-refractivity contribution in [2.24, 2.45) is 5.73 Å². The Morgan fingerprint density at radius 2 is 0.960 bits per heavy atom. The van der Waals surface area contributed by atoms with Crippen molar-refractivity contribution >= 4 is 178 Å². The second-order valence-corrected chi connectivity index (χ2v) is 22.7. The molecule has 15 rings (SSSR count). The zero-order valence-electron chi connectivity index (χ0n) is 52.7. The third kappa shape index (κ3) is 18.5. The van der Waals surface area contributed by atoms with E-state index in [0.717, 1.165) is 39.5 Å². The number of furan rings is 1. The zero-order chi connectivity index (χ0) is 69.9. The number of primary amides is 1. The first kappa shape index (κ1) is 69.6. The van der Waals surface area contributed by atoms with E-state index in [4.69, 9.17) is 72.9 Å².